The Balaban J connectivity index is 2.52. The first kappa shape index (κ1) is 7.79. The van der Waals surface area contributed by atoms with Crippen LogP contribution in [0.15, 0.2) is 29.0 Å². The molecule has 13 heavy (non-hydrogen) atoms. The van der Waals surface area contributed by atoms with Crippen molar-refractivity contribution in [2.24, 2.45) is 0 Å². The average Bonchev–Trinajstić information content (AvgIpc) is 2.53. The molecule has 2 aromatic rings. The molecule has 0 unspecified atom stereocenters. The van der Waals surface area contributed by atoms with E-state index in [1.807, 2.05) is 13.0 Å². The predicted octanol–water partition coefficient (Wildman–Crippen LogP) is 1.63. The SMILES string of the molecule is Cc1cnccc1-c1cc(N)on1. The Morgan fingerprint density at radius 1 is 1.46 bits per heavy atom. The number of nitrogens with zero attached hydrogens (tertiary/aromatic N) is 2. The topological polar surface area (TPSA) is 64.9 Å². The Morgan fingerprint density at radius 3 is 2.92 bits per heavy atom. The zero-order valence-corrected chi connectivity index (χ0v) is 7.19. The van der Waals surface area contributed by atoms with Gasteiger partial charge in [-0.05, 0) is 18.6 Å². The molecule has 2 heterocycles. The van der Waals surface area contributed by atoms with E-state index in [9.17, 15) is 0 Å². The van der Waals surface area contributed by atoms with Crippen LogP contribution in [0.3, 0.4) is 0 Å². The van der Waals surface area contributed by atoms with E-state index in [4.69, 9.17) is 10.3 Å². The van der Waals surface area contributed by atoms with Crippen molar-refractivity contribution in [3.05, 3.63) is 30.1 Å². The zero-order valence-electron chi connectivity index (χ0n) is 7.19. The molecule has 2 aromatic heterocycles. The van der Waals surface area contributed by atoms with E-state index in [2.05, 4.69) is 10.1 Å². The monoisotopic (exact) mass is 175 g/mol. The van der Waals surface area contributed by atoms with Gasteiger partial charge in [-0.1, -0.05) is 5.16 Å². The minimum absolute atomic E-state index is 0.325. The molecule has 0 amide bonds. The number of rotatable bonds is 1. The quantitative estimate of drug-likeness (QED) is 0.715. The van der Waals surface area contributed by atoms with Crippen molar-refractivity contribution in [3.8, 4) is 11.3 Å². The standard InChI is InChI=1S/C9H9N3O/c1-6-5-11-3-2-7(6)8-4-9(10)13-12-8/h2-5H,10H2,1H3. The van der Waals surface area contributed by atoms with Crippen LogP contribution < -0.4 is 5.73 Å². The minimum Gasteiger partial charge on any atom is -0.368 e. The molecule has 0 aliphatic heterocycles. The molecule has 2 rings (SSSR count). The maximum atomic E-state index is 5.42. The van der Waals surface area contributed by atoms with Crippen LogP contribution in [-0.2, 0) is 0 Å². The summed E-state index contributed by atoms with van der Waals surface area (Å²) in [4.78, 5) is 3.99. The summed E-state index contributed by atoms with van der Waals surface area (Å²) in [6, 6.07) is 3.58. The third kappa shape index (κ3) is 1.38. The molecule has 0 aliphatic carbocycles. The second-order valence-electron chi connectivity index (χ2n) is 2.81. The van der Waals surface area contributed by atoms with E-state index in [1.165, 1.54) is 0 Å². The van der Waals surface area contributed by atoms with E-state index in [1.54, 1.807) is 18.5 Å². The molecule has 0 aromatic carbocycles. The highest BCUT2D eigenvalue weighted by Crippen LogP contribution is 2.22. The fourth-order valence-electron chi connectivity index (χ4n) is 1.18. The maximum Gasteiger partial charge on any atom is 0.222 e. The van der Waals surface area contributed by atoms with Crippen LogP contribution in [0.5, 0.6) is 0 Å². The number of hydrogen-bond donors (Lipinski definition) is 1. The number of aromatic nitrogens is 2. The number of nitrogens with two attached hydrogens (primary N) is 1. The molecule has 4 nitrogen and oxygen atoms in total. The highest BCUT2D eigenvalue weighted by atomic mass is 16.5. The Kier molecular flexibility index (Phi) is 1.73. The summed E-state index contributed by atoms with van der Waals surface area (Å²) in [6.07, 6.45) is 3.49. The molecule has 0 atom stereocenters. The van der Waals surface area contributed by atoms with Crippen LogP contribution in [0, 0.1) is 6.92 Å². The highest BCUT2D eigenvalue weighted by Gasteiger charge is 2.05. The number of anilines is 1. The van der Waals surface area contributed by atoms with Crippen molar-refractivity contribution in [1.29, 1.82) is 0 Å². The molecule has 0 bridgehead atoms. The van der Waals surface area contributed by atoms with Gasteiger partial charge in [0.1, 0.15) is 5.69 Å². The molecule has 0 spiro atoms. The number of pyridine rings is 1. The second-order valence-corrected chi connectivity index (χ2v) is 2.81. The summed E-state index contributed by atoms with van der Waals surface area (Å²) < 4.78 is 4.78. The average molecular weight is 175 g/mol. The highest BCUT2D eigenvalue weighted by molar-refractivity contribution is 5.63. The van der Waals surface area contributed by atoms with E-state index in [0.717, 1.165) is 16.8 Å². The lowest BCUT2D eigenvalue weighted by atomic mass is 10.1. The van der Waals surface area contributed by atoms with E-state index in [0.29, 0.717) is 5.88 Å². The summed E-state index contributed by atoms with van der Waals surface area (Å²) in [5, 5.41) is 3.82. The molecule has 2 N–H and O–H groups in total. The van der Waals surface area contributed by atoms with Crippen LogP contribution in [0.25, 0.3) is 11.3 Å². The summed E-state index contributed by atoms with van der Waals surface area (Å²) >= 11 is 0. The van der Waals surface area contributed by atoms with Gasteiger partial charge < -0.3 is 10.3 Å². The summed E-state index contributed by atoms with van der Waals surface area (Å²) in [7, 11) is 0. The molecule has 4 heteroatoms. The van der Waals surface area contributed by atoms with Crippen LogP contribution in [-0.4, -0.2) is 10.1 Å². The zero-order chi connectivity index (χ0) is 9.26. The van der Waals surface area contributed by atoms with Crippen molar-refractivity contribution in [2.75, 3.05) is 5.73 Å². The second kappa shape index (κ2) is 2.90. The smallest absolute Gasteiger partial charge is 0.222 e. The van der Waals surface area contributed by atoms with Crippen molar-refractivity contribution < 1.29 is 4.52 Å². The van der Waals surface area contributed by atoms with Gasteiger partial charge in [-0.2, -0.15) is 0 Å². The number of nitrogen functional groups attached to an aromatic ring is 1. The van der Waals surface area contributed by atoms with Gasteiger partial charge in [-0.25, -0.2) is 0 Å². The lowest BCUT2D eigenvalue weighted by Gasteiger charge is -1.97. The molecule has 0 fully saturated rings. The van der Waals surface area contributed by atoms with Gasteiger partial charge in [-0.3, -0.25) is 4.98 Å². The van der Waals surface area contributed by atoms with Crippen molar-refractivity contribution in [3.63, 3.8) is 0 Å². The van der Waals surface area contributed by atoms with Gasteiger partial charge in [-0.15, -0.1) is 0 Å². The fourth-order valence-corrected chi connectivity index (χ4v) is 1.18. The predicted molar refractivity (Wildman–Crippen MR) is 48.9 cm³/mol. The van der Waals surface area contributed by atoms with Crippen molar-refractivity contribution in [2.45, 2.75) is 6.92 Å². The van der Waals surface area contributed by atoms with Crippen LogP contribution in [0.1, 0.15) is 5.56 Å². The first-order valence-corrected chi connectivity index (χ1v) is 3.90. The van der Waals surface area contributed by atoms with Crippen molar-refractivity contribution in [1.82, 2.24) is 10.1 Å². The Hall–Kier alpha value is -1.84. The van der Waals surface area contributed by atoms with Gasteiger partial charge in [0.05, 0.1) is 0 Å². The van der Waals surface area contributed by atoms with Gasteiger partial charge >= 0.3 is 0 Å². The Bertz CT molecular complexity index is 422. The summed E-state index contributed by atoms with van der Waals surface area (Å²) in [5.41, 5.74) is 8.22. The molecule has 0 aliphatic rings. The van der Waals surface area contributed by atoms with E-state index in [-0.39, 0.29) is 0 Å². The molecule has 0 radical (unpaired) electrons. The molecular formula is C9H9N3O. The molecule has 66 valence electrons. The number of aryl methyl sites for hydroxylation is 1. The van der Waals surface area contributed by atoms with E-state index >= 15 is 0 Å². The molecule has 0 saturated carbocycles. The Morgan fingerprint density at radius 2 is 2.31 bits per heavy atom. The van der Waals surface area contributed by atoms with Gasteiger partial charge in [0.2, 0.25) is 5.88 Å². The van der Waals surface area contributed by atoms with E-state index < -0.39 is 0 Å². The minimum atomic E-state index is 0.325. The lowest BCUT2D eigenvalue weighted by Crippen LogP contribution is -1.83. The fraction of sp³-hybridized carbons (Fsp3) is 0.111. The van der Waals surface area contributed by atoms with Crippen LogP contribution in [0.4, 0.5) is 5.88 Å². The first-order chi connectivity index (χ1) is 6.27. The van der Waals surface area contributed by atoms with Gasteiger partial charge in [0.15, 0.2) is 0 Å². The maximum absolute atomic E-state index is 5.42. The van der Waals surface area contributed by atoms with Crippen LogP contribution >= 0.6 is 0 Å². The Labute approximate surface area is 75.4 Å². The van der Waals surface area contributed by atoms with Gasteiger partial charge in [0, 0.05) is 24.0 Å². The third-order valence-corrected chi connectivity index (χ3v) is 1.82. The lowest BCUT2D eigenvalue weighted by molar-refractivity contribution is 0.439. The molecular weight excluding hydrogens is 166 g/mol. The van der Waals surface area contributed by atoms with Gasteiger partial charge in [0.25, 0.3) is 0 Å². The van der Waals surface area contributed by atoms with Crippen LogP contribution in [0.2, 0.25) is 0 Å². The summed E-state index contributed by atoms with van der Waals surface area (Å²) in [6.45, 7) is 1.97. The largest absolute Gasteiger partial charge is 0.368 e. The third-order valence-electron chi connectivity index (χ3n) is 1.82. The number of hydrogen-bond acceptors (Lipinski definition) is 4. The van der Waals surface area contributed by atoms with Crippen molar-refractivity contribution >= 4 is 5.88 Å². The first-order valence-electron chi connectivity index (χ1n) is 3.90. The normalized spacial score (nSPS) is 10.2. The molecule has 0 saturated heterocycles. The summed E-state index contributed by atoms with van der Waals surface area (Å²) in [5.74, 6) is 0.325.